The van der Waals surface area contributed by atoms with Gasteiger partial charge in [0.2, 0.25) is 5.91 Å². The number of H-pyrrole nitrogens is 1. The fourth-order valence-corrected chi connectivity index (χ4v) is 3.78. The molecule has 0 atom stereocenters. The molecule has 0 spiro atoms. The van der Waals surface area contributed by atoms with Gasteiger partial charge in [-0.3, -0.25) is 9.59 Å². The molecule has 0 saturated carbocycles. The molecule has 2 heterocycles. The van der Waals surface area contributed by atoms with E-state index in [2.05, 4.69) is 15.3 Å². The second kappa shape index (κ2) is 7.41. The number of aryl methyl sites for hydroxylation is 1. The maximum absolute atomic E-state index is 12.2. The number of aromatic amines is 1. The summed E-state index contributed by atoms with van der Waals surface area (Å²) in [6.07, 6.45) is 3.70. The lowest BCUT2D eigenvalue weighted by molar-refractivity contribution is -0.113. The number of aromatic nitrogens is 2. The lowest BCUT2D eigenvalue weighted by atomic mass is 9.97. The molecule has 26 heavy (non-hydrogen) atoms. The number of rotatable bonds is 4. The number of thioether (sulfide) groups is 1. The summed E-state index contributed by atoms with van der Waals surface area (Å²) in [6, 6.07) is 5.30. The van der Waals surface area contributed by atoms with Gasteiger partial charge in [-0.1, -0.05) is 11.8 Å². The van der Waals surface area contributed by atoms with E-state index >= 15 is 0 Å². The van der Waals surface area contributed by atoms with Crippen molar-refractivity contribution in [3.8, 4) is 11.5 Å². The van der Waals surface area contributed by atoms with Crippen LogP contribution in [-0.2, 0) is 17.6 Å². The molecule has 0 fully saturated rings. The van der Waals surface area contributed by atoms with Gasteiger partial charge >= 0.3 is 0 Å². The molecule has 2 aliphatic rings. The second-order valence-corrected chi connectivity index (χ2v) is 7.16. The molecule has 0 bridgehead atoms. The van der Waals surface area contributed by atoms with Crippen LogP contribution in [0, 0.1) is 0 Å². The molecular formula is C18H19N3O4S. The number of hydrogen-bond acceptors (Lipinski definition) is 6. The average Bonchev–Trinajstić information content (AvgIpc) is 2.66. The van der Waals surface area contributed by atoms with Crippen molar-refractivity contribution in [3.63, 3.8) is 0 Å². The number of fused-ring (bicyclic) bond motifs is 2. The molecule has 136 valence electrons. The van der Waals surface area contributed by atoms with Crippen LogP contribution in [0.5, 0.6) is 11.5 Å². The Morgan fingerprint density at radius 1 is 1.19 bits per heavy atom. The first-order valence-electron chi connectivity index (χ1n) is 8.63. The molecule has 8 heteroatoms. The van der Waals surface area contributed by atoms with Gasteiger partial charge in [0.15, 0.2) is 16.7 Å². The van der Waals surface area contributed by atoms with Crippen LogP contribution < -0.4 is 20.3 Å². The van der Waals surface area contributed by atoms with Gasteiger partial charge < -0.3 is 19.8 Å². The summed E-state index contributed by atoms with van der Waals surface area (Å²) in [5, 5.41) is 3.32. The van der Waals surface area contributed by atoms with Crippen molar-refractivity contribution in [2.24, 2.45) is 0 Å². The number of nitrogens with one attached hydrogen (secondary N) is 2. The topological polar surface area (TPSA) is 93.3 Å². The SMILES string of the molecule is O=C(CSc1nc2c(c(=O)[nH]1)CCCC2)Nc1ccc2c(c1)OCCO2. The smallest absolute Gasteiger partial charge is 0.254 e. The number of ether oxygens (including phenoxy) is 2. The quantitative estimate of drug-likeness (QED) is 0.630. The largest absolute Gasteiger partial charge is 0.486 e. The molecule has 0 saturated heterocycles. The zero-order valence-corrected chi connectivity index (χ0v) is 15.0. The molecule has 1 aromatic heterocycles. The van der Waals surface area contributed by atoms with E-state index in [0.717, 1.165) is 36.9 Å². The van der Waals surface area contributed by atoms with E-state index in [0.29, 0.717) is 35.6 Å². The van der Waals surface area contributed by atoms with Crippen molar-refractivity contribution in [2.45, 2.75) is 30.8 Å². The van der Waals surface area contributed by atoms with Crippen LogP contribution >= 0.6 is 11.8 Å². The number of carbonyl (C=O) groups excluding carboxylic acids is 1. The molecule has 0 unspecified atom stereocenters. The Kier molecular flexibility index (Phi) is 4.83. The van der Waals surface area contributed by atoms with Gasteiger partial charge in [-0.2, -0.15) is 0 Å². The number of carbonyl (C=O) groups is 1. The fourth-order valence-electron chi connectivity index (χ4n) is 3.10. The molecule has 7 nitrogen and oxygen atoms in total. The van der Waals surface area contributed by atoms with Crippen LogP contribution in [0.15, 0.2) is 28.2 Å². The number of hydrogen-bond donors (Lipinski definition) is 2. The molecule has 1 amide bonds. The third-order valence-electron chi connectivity index (χ3n) is 4.34. The summed E-state index contributed by atoms with van der Waals surface area (Å²) in [4.78, 5) is 31.6. The van der Waals surface area contributed by atoms with Crippen LogP contribution in [0.1, 0.15) is 24.1 Å². The lowest BCUT2D eigenvalue weighted by Crippen LogP contribution is -2.22. The minimum absolute atomic E-state index is 0.0792. The first kappa shape index (κ1) is 17.0. The molecular weight excluding hydrogens is 354 g/mol. The molecule has 1 aliphatic carbocycles. The van der Waals surface area contributed by atoms with Crippen molar-refractivity contribution in [3.05, 3.63) is 39.8 Å². The first-order valence-corrected chi connectivity index (χ1v) is 9.62. The maximum Gasteiger partial charge on any atom is 0.254 e. The molecule has 1 aromatic carbocycles. The van der Waals surface area contributed by atoms with Crippen molar-refractivity contribution in [2.75, 3.05) is 24.3 Å². The van der Waals surface area contributed by atoms with E-state index in [1.807, 2.05) is 0 Å². The van der Waals surface area contributed by atoms with Gasteiger partial charge in [-0.15, -0.1) is 0 Å². The van der Waals surface area contributed by atoms with Gasteiger partial charge in [-0.25, -0.2) is 4.98 Å². The standard InChI is InChI=1S/C18H19N3O4S/c22-16(19-11-5-6-14-15(9-11)25-8-7-24-14)10-26-18-20-13-4-2-1-3-12(13)17(23)21-18/h5-6,9H,1-4,7-8,10H2,(H,19,22)(H,20,21,23). The number of benzene rings is 1. The summed E-state index contributed by atoms with van der Waals surface area (Å²) in [6.45, 7) is 1.03. The highest BCUT2D eigenvalue weighted by Gasteiger charge is 2.17. The Morgan fingerprint density at radius 2 is 2.00 bits per heavy atom. The van der Waals surface area contributed by atoms with Crippen molar-refractivity contribution in [1.82, 2.24) is 9.97 Å². The zero-order valence-electron chi connectivity index (χ0n) is 14.2. The highest BCUT2D eigenvalue weighted by atomic mass is 32.2. The normalized spacial score (nSPS) is 15.2. The van der Waals surface area contributed by atoms with Crippen molar-refractivity contribution >= 4 is 23.4 Å². The average molecular weight is 373 g/mol. The van der Waals surface area contributed by atoms with Gasteiger partial charge in [0.05, 0.1) is 11.4 Å². The Morgan fingerprint density at radius 3 is 2.88 bits per heavy atom. The Hall–Kier alpha value is -2.48. The lowest BCUT2D eigenvalue weighted by Gasteiger charge is -2.19. The predicted octanol–water partition coefficient (Wildman–Crippen LogP) is 2.15. The van der Waals surface area contributed by atoms with E-state index in [4.69, 9.17) is 9.47 Å². The fraction of sp³-hybridized carbons (Fsp3) is 0.389. The monoisotopic (exact) mass is 373 g/mol. The van der Waals surface area contributed by atoms with Crippen LogP contribution in [0.25, 0.3) is 0 Å². The Balaban J connectivity index is 1.38. The predicted molar refractivity (Wildman–Crippen MR) is 98.3 cm³/mol. The summed E-state index contributed by atoms with van der Waals surface area (Å²) >= 11 is 1.23. The summed E-state index contributed by atoms with van der Waals surface area (Å²) in [5.41, 5.74) is 2.23. The molecule has 4 rings (SSSR count). The number of nitrogens with zero attached hydrogens (tertiary/aromatic N) is 1. The van der Waals surface area contributed by atoms with Gasteiger partial charge in [0, 0.05) is 17.3 Å². The Bertz CT molecular complexity index is 896. The maximum atomic E-state index is 12.2. The minimum Gasteiger partial charge on any atom is -0.486 e. The van der Waals surface area contributed by atoms with Crippen LogP contribution in [0.3, 0.4) is 0 Å². The highest BCUT2D eigenvalue weighted by Crippen LogP contribution is 2.32. The van der Waals surface area contributed by atoms with Gasteiger partial charge in [0.1, 0.15) is 13.2 Å². The van der Waals surface area contributed by atoms with E-state index in [-0.39, 0.29) is 17.2 Å². The van der Waals surface area contributed by atoms with E-state index in [1.165, 1.54) is 11.8 Å². The molecule has 2 aromatic rings. The third-order valence-corrected chi connectivity index (χ3v) is 5.21. The molecule has 1 aliphatic heterocycles. The minimum atomic E-state index is -0.174. The van der Waals surface area contributed by atoms with Crippen molar-refractivity contribution < 1.29 is 14.3 Å². The van der Waals surface area contributed by atoms with Crippen LogP contribution in [0.4, 0.5) is 5.69 Å². The van der Waals surface area contributed by atoms with Gasteiger partial charge in [0.25, 0.3) is 5.56 Å². The van der Waals surface area contributed by atoms with E-state index in [1.54, 1.807) is 18.2 Å². The van der Waals surface area contributed by atoms with Crippen molar-refractivity contribution in [1.29, 1.82) is 0 Å². The second-order valence-electron chi connectivity index (χ2n) is 6.20. The molecule has 2 N–H and O–H groups in total. The summed E-state index contributed by atoms with van der Waals surface area (Å²) in [5.74, 6) is 1.30. The van der Waals surface area contributed by atoms with Crippen LogP contribution in [-0.4, -0.2) is 34.8 Å². The highest BCUT2D eigenvalue weighted by molar-refractivity contribution is 7.99. The Labute approximate surface area is 154 Å². The molecule has 0 radical (unpaired) electrons. The summed E-state index contributed by atoms with van der Waals surface area (Å²) in [7, 11) is 0. The van der Waals surface area contributed by atoms with E-state index < -0.39 is 0 Å². The van der Waals surface area contributed by atoms with E-state index in [9.17, 15) is 9.59 Å². The van der Waals surface area contributed by atoms with Crippen LogP contribution in [0.2, 0.25) is 0 Å². The third kappa shape index (κ3) is 3.70. The number of anilines is 1. The first-order chi connectivity index (χ1) is 12.7. The zero-order chi connectivity index (χ0) is 17.9. The number of amides is 1. The van der Waals surface area contributed by atoms with Gasteiger partial charge in [-0.05, 0) is 37.8 Å². The summed E-state index contributed by atoms with van der Waals surface area (Å²) < 4.78 is 11.0.